The lowest BCUT2D eigenvalue weighted by Gasteiger charge is -2.30. The van der Waals surface area contributed by atoms with E-state index in [1.165, 1.54) is 31.3 Å². The van der Waals surface area contributed by atoms with Crippen molar-refractivity contribution in [1.29, 1.82) is 0 Å². The third-order valence-corrected chi connectivity index (χ3v) is 2.85. The van der Waals surface area contributed by atoms with Gasteiger partial charge in [-0.05, 0) is 20.3 Å². The second-order valence-corrected chi connectivity index (χ2v) is 4.89. The van der Waals surface area contributed by atoms with Gasteiger partial charge in [-0.15, -0.1) is 0 Å². The highest BCUT2D eigenvalue weighted by molar-refractivity contribution is 4.95. The number of nitrogens with two attached hydrogens (primary N) is 1. The Morgan fingerprint density at radius 2 is 2.00 bits per heavy atom. The standard InChI is InChI=1S/C13H28N2/c1-5-6-7-8-9-13(4,11-14)15-10-12(2)3/h15H,2,5-11,14H2,1,3-4H3. The van der Waals surface area contributed by atoms with E-state index < -0.39 is 0 Å². The number of hydrogen-bond donors (Lipinski definition) is 2. The molecule has 90 valence electrons. The lowest BCUT2D eigenvalue weighted by atomic mass is 9.94. The Hall–Kier alpha value is -0.340. The highest BCUT2D eigenvalue weighted by Gasteiger charge is 2.20. The summed E-state index contributed by atoms with van der Waals surface area (Å²) in [5, 5.41) is 3.50. The Balaban J connectivity index is 3.79. The Bertz CT molecular complexity index is 177. The van der Waals surface area contributed by atoms with Gasteiger partial charge in [-0.3, -0.25) is 0 Å². The first-order chi connectivity index (χ1) is 7.04. The fraction of sp³-hybridized carbons (Fsp3) is 0.846. The first kappa shape index (κ1) is 14.7. The molecule has 15 heavy (non-hydrogen) atoms. The Morgan fingerprint density at radius 1 is 1.33 bits per heavy atom. The average Bonchev–Trinajstić information content (AvgIpc) is 2.22. The Morgan fingerprint density at radius 3 is 2.47 bits per heavy atom. The number of hydrogen-bond acceptors (Lipinski definition) is 2. The van der Waals surface area contributed by atoms with Crippen molar-refractivity contribution >= 4 is 0 Å². The summed E-state index contributed by atoms with van der Waals surface area (Å²) in [6.07, 6.45) is 6.38. The molecule has 0 aliphatic heterocycles. The number of rotatable bonds is 9. The summed E-state index contributed by atoms with van der Waals surface area (Å²) < 4.78 is 0. The SMILES string of the molecule is C=C(C)CNC(C)(CN)CCCCCC. The molecule has 0 heterocycles. The zero-order chi connectivity index (χ0) is 11.7. The highest BCUT2D eigenvalue weighted by Crippen LogP contribution is 2.14. The zero-order valence-electron chi connectivity index (χ0n) is 10.7. The minimum absolute atomic E-state index is 0.0900. The predicted molar refractivity (Wildman–Crippen MR) is 69.0 cm³/mol. The fourth-order valence-electron chi connectivity index (χ4n) is 1.57. The molecule has 0 amide bonds. The lowest BCUT2D eigenvalue weighted by Crippen LogP contribution is -2.49. The van der Waals surface area contributed by atoms with Gasteiger partial charge in [0.05, 0.1) is 0 Å². The summed E-state index contributed by atoms with van der Waals surface area (Å²) in [4.78, 5) is 0. The minimum atomic E-state index is 0.0900. The van der Waals surface area contributed by atoms with Crippen LogP contribution in [0.4, 0.5) is 0 Å². The molecule has 0 aromatic carbocycles. The van der Waals surface area contributed by atoms with Gasteiger partial charge >= 0.3 is 0 Å². The van der Waals surface area contributed by atoms with Crippen molar-refractivity contribution < 1.29 is 0 Å². The van der Waals surface area contributed by atoms with Crippen LogP contribution in [0.3, 0.4) is 0 Å². The van der Waals surface area contributed by atoms with Gasteiger partial charge in [0.1, 0.15) is 0 Å². The first-order valence-electron chi connectivity index (χ1n) is 6.13. The largest absolute Gasteiger partial charge is 0.329 e. The third-order valence-electron chi connectivity index (χ3n) is 2.85. The summed E-state index contributed by atoms with van der Waals surface area (Å²) in [7, 11) is 0. The van der Waals surface area contributed by atoms with Gasteiger partial charge in [-0.1, -0.05) is 44.8 Å². The average molecular weight is 212 g/mol. The van der Waals surface area contributed by atoms with E-state index in [0.717, 1.165) is 13.0 Å². The molecule has 0 aliphatic carbocycles. The van der Waals surface area contributed by atoms with Gasteiger partial charge in [-0.2, -0.15) is 0 Å². The van der Waals surface area contributed by atoms with Crippen molar-refractivity contribution in [3.63, 3.8) is 0 Å². The van der Waals surface area contributed by atoms with Gasteiger partial charge in [-0.25, -0.2) is 0 Å². The van der Waals surface area contributed by atoms with E-state index in [2.05, 4.69) is 25.7 Å². The van der Waals surface area contributed by atoms with E-state index in [0.29, 0.717) is 6.54 Å². The highest BCUT2D eigenvalue weighted by atomic mass is 15.0. The molecule has 0 saturated heterocycles. The maximum Gasteiger partial charge on any atom is 0.0278 e. The van der Waals surface area contributed by atoms with Crippen LogP contribution in [-0.4, -0.2) is 18.6 Å². The second-order valence-electron chi connectivity index (χ2n) is 4.89. The predicted octanol–water partition coefficient (Wildman–Crippen LogP) is 2.84. The van der Waals surface area contributed by atoms with Crippen LogP contribution in [0.1, 0.15) is 52.9 Å². The third kappa shape index (κ3) is 7.57. The fourth-order valence-corrected chi connectivity index (χ4v) is 1.57. The van der Waals surface area contributed by atoms with Crippen LogP contribution in [0, 0.1) is 0 Å². The second kappa shape index (κ2) is 7.89. The molecule has 2 nitrogen and oxygen atoms in total. The number of unbranched alkanes of at least 4 members (excludes halogenated alkanes) is 3. The molecule has 3 N–H and O–H groups in total. The van der Waals surface area contributed by atoms with Crippen LogP contribution in [0.15, 0.2) is 12.2 Å². The van der Waals surface area contributed by atoms with E-state index in [1.54, 1.807) is 0 Å². The minimum Gasteiger partial charge on any atom is -0.329 e. The summed E-state index contributed by atoms with van der Waals surface area (Å²) in [5.74, 6) is 0. The lowest BCUT2D eigenvalue weighted by molar-refractivity contribution is 0.337. The normalized spacial score (nSPS) is 14.9. The van der Waals surface area contributed by atoms with Crippen LogP contribution in [0.25, 0.3) is 0 Å². The summed E-state index contributed by atoms with van der Waals surface area (Å²) in [5.41, 5.74) is 7.08. The molecule has 1 atom stereocenters. The Labute approximate surface area is 95.3 Å². The van der Waals surface area contributed by atoms with E-state index in [9.17, 15) is 0 Å². The summed E-state index contributed by atoms with van der Waals surface area (Å²) in [6.45, 7) is 12.0. The molecular formula is C13H28N2. The van der Waals surface area contributed by atoms with E-state index in [1.807, 2.05) is 6.92 Å². The van der Waals surface area contributed by atoms with Crippen LogP contribution in [-0.2, 0) is 0 Å². The van der Waals surface area contributed by atoms with Crippen molar-refractivity contribution in [1.82, 2.24) is 5.32 Å². The van der Waals surface area contributed by atoms with E-state index in [4.69, 9.17) is 5.73 Å². The van der Waals surface area contributed by atoms with Crippen LogP contribution >= 0.6 is 0 Å². The quantitative estimate of drug-likeness (QED) is 0.455. The van der Waals surface area contributed by atoms with Gasteiger partial charge in [0.15, 0.2) is 0 Å². The molecule has 0 aromatic heterocycles. The van der Waals surface area contributed by atoms with E-state index in [-0.39, 0.29) is 5.54 Å². The molecule has 0 saturated carbocycles. The van der Waals surface area contributed by atoms with Crippen molar-refractivity contribution in [2.45, 2.75) is 58.4 Å². The molecule has 0 aromatic rings. The molecule has 0 rings (SSSR count). The van der Waals surface area contributed by atoms with Crippen LogP contribution in [0.5, 0.6) is 0 Å². The van der Waals surface area contributed by atoms with Gasteiger partial charge < -0.3 is 11.1 Å². The van der Waals surface area contributed by atoms with Crippen LogP contribution < -0.4 is 11.1 Å². The van der Waals surface area contributed by atoms with Crippen molar-refractivity contribution in [3.05, 3.63) is 12.2 Å². The topological polar surface area (TPSA) is 38.0 Å². The number of nitrogens with one attached hydrogen (secondary N) is 1. The summed E-state index contributed by atoms with van der Waals surface area (Å²) in [6, 6.07) is 0. The van der Waals surface area contributed by atoms with Crippen molar-refractivity contribution in [2.24, 2.45) is 5.73 Å². The summed E-state index contributed by atoms with van der Waals surface area (Å²) >= 11 is 0. The zero-order valence-corrected chi connectivity index (χ0v) is 10.7. The smallest absolute Gasteiger partial charge is 0.0278 e. The molecular weight excluding hydrogens is 184 g/mol. The first-order valence-corrected chi connectivity index (χ1v) is 6.13. The molecule has 2 heteroatoms. The van der Waals surface area contributed by atoms with E-state index >= 15 is 0 Å². The van der Waals surface area contributed by atoms with Crippen LogP contribution in [0.2, 0.25) is 0 Å². The Kier molecular flexibility index (Phi) is 7.71. The molecule has 0 bridgehead atoms. The monoisotopic (exact) mass is 212 g/mol. The molecule has 0 spiro atoms. The van der Waals surface area contributed by atoms with Gasteiger partial charge in [0.25, 0.3) is 0 Å². The maximum absolute atomic E-state index is 5.82. The molecule has 0 radical (unpaired) electrons. The van der Waals surface area contributed by atoms with Gasteiger partial charge in [0, 0.05) is 18.6 Å². The molecule has 0 fully saturated rings. The van der Waals surface area contributed by atoms with Gasteiger partial charge in [0.2, 0.25) is 0 Å². The molecule has 1 unspecified atom stereocenters. The van der Waals surface area contributed by atoms with Crippen molar-refractivity contribution in [3.8, 4) is 0 Å². The molecule has 0 aliphatic rings. The maximum atomic E-state index is 5.82. The van der Waals surface area contributed by atoms with Crippen molar-refractivity contribution in [2.75, 3.05) is 13.1 Å².